The molecule has 1 aromatic heterocycles. The maximum Gasteiger partial charge on any atom is 0.317 e. The highest BCUT2D eigenvalue weighted by molar-refractivity contribution is 5.75. The van der Waals surface area contributed by atoms with E-state index in [0.717, 1.165) is 13.0 Å². The van der Waals surface area contributed by atoms with Crippen LogP contribution in [0.25, 0.3) is 0 Å². The quantitative estimate of drug-likeness (QED) is 0.829. The number of hydrogen-bond acceptors (Lipinski definition) is 4. The second-order valence-corrected chi connectivity index (χ2v) is 5.16. The minimum atomic E-state index is -0.0129. The van der Waals surface area contributed by atoms with Crippen LogP contribution in [0.3, 0.4) is 0 Å². The summed E-state index contributed by atoms with van der Waals surface area (Å²) in [4.78, 5) is 22.1. The van der Waals surface area contributed by atoms with E-state index in [4.69, 9.17) is 0 Å². The average molecular weight is 297 g/mol. The molecule has 1 aromatic carbocycles. The van der Waals surface area contributed by atoms with Gasteiger partial charge < -0.3 is 15.5 Å². The zero-order chi connectivity index (χ0) is 15.2. The van der Waals surface area contributed by atoms with Crippen LogP contribution < -0.4 is 10.6 Å². The summed E-state index contributed by atoms with van der Waals surface area (Å²) in [6.45, 7) is 1.98. The van der Waals surface area contributed by atoms with Crippen LogP contribution in [0.5, 0.6) is 0 Å². The summed E-state index contributed by atoms with van der Waals surface area (Å²) in [5, 5.41) is 6.04. The summed E-state index contributed by atoms with van der Waals surface area (Å²) < 4.78 is 0. The van der Waals surface area contributed by atoms with Gasteiger partial charge in [-0.1, -0.05) is 30.3 Å². The van der Waals surface area contributed by atoms with E-state index in [1.807, 2.05) is 23.1 Å². The molecule has 0 unspecified atom stereocenters. The zero-order valence-electron chi connectivity index (χ0n) is 12.3. The highest BCUT2D eigenvalue weighted by Gasteiger charge is 2.32. The topological polar surface area (TPSA) is 70.1 Å². The number of nitrogens with zero attached hydrogens (tertiary/aromatic N) is 3. The minimum absolute atomic E-state index is 0.0129. The van der Waals surface area contributed by atoms with Crippen molar-refractivity contribution in [2.45, 2.75) is 12.5 Å². The molecule has 2 amide bonds. The Bertz CT molecular complexity index is 604. The van der Waals surface area contributed by atoms with Gasteiger partial charge in [0.25, 0.3) is 0 Å². The van der Waals surface area contributed by atoms with Crippen molar-refractivity contribution in [3.63, 3.8) is 0 Å². The highest BCUT2D eigenvalue weighted by atomic mass is 16.2. The molecule has 0 radical (unpaired) electrons. The number of carbonyl (C=O) groups excluding carboxylic acids is 1. The number of aromatic nitrogens is 2. The zero-order valence-corrected chi connectivity index (χ0v) is 12.3. The third-order valence-corrected chi connectivity index (χ3v) is 3.74. The molecule has 1 saturated heterocycles. The summed E-state index contributed by atoms with van der Waals surface area (Å²) in [5.41, 5.74) is 1.20. The van der Waals surface area contributed by atoms with Crippen LogP contribution in [0.4, 0.5) is 10.6 Å². The van der Waals surface area contributed by atoms with Gasteiger partial charge in [-0.25, -0.2) is 9.78 Å². The SMILES string of the molecule is O=C(NCCNc1cnccn1)N1CC[C@H]1c1ccccc1. The molecule has 2 aromatic rings. The predicted molar refractivity (Wildman–Crippen MR) is 84.4 cm³/mol. The fourth-order valence-electron chi connectivity index (χ4n) is 2.50. The Balaban J connectivity index is 1.43. The molecule has 6 heteroatoms. The second kappa shape index (κ2) is 6.89. The molecule has 2 N–H and O–H groups in total. The molecule has 22 heavy (non-hydrogen) atoms. The number of anilines is 1. The van der Waals surface area contributed by atoms with Gasteiger partial charge in [0, 0.05) is 32.0 Å². The smallest absolute Gasteiger partial charge is 0.317 e. The van der Waals surface area contributed by atoms with Crippen molar-refractivity contribution >= 4 is 11.8 Å². The van der Waals surface area contributed by atoms with E-state index in [1.54, 1.807) is 18.6 Å². The van der Waals surface area contributed by atoms with Crippen LogP contribution >= 0.6 is 0 Å². The van der Waals surface area contributed by atoms with E-state index < -0.39 is 0 Å². The van der Waals surface area contributed by atoms with E-state index in [1.165, 1.54) is 5.56 Å². The molecule has 6 nitrogen and oxygen atoms in total. The number of amides is 2. The third kappa shape index (κ3) is 3.33. The highest BCUT2D eigenvalue weighted by Crippen LogP contribution is 2.32. The Morgan fingerprint density at radius 2 is 2.09 bits per heavy atom. The Kier molecular flexibility index (Phi) is 4.48. The van der Waals surface area contributed by atoms with Crippen LogP contribution in [0.15, 0.2) is 48.9 Å². The molecule has 1 fully saturated rings. The Hall–Kier alpha value is -2.63. The van der Waals surface area contributed by atoms with E-state index >= 15 is 0 Å². The lowest BCUT2D eigenvalue weighted by atomic mass is 9.95. The van der Waals surface area contributed by atoms with Gasteiger partial charge in [-0.05, 0) is 12.0 Å². The number of rotatable bonds is 5. The number of nitrogens with one attached hydrogen (secondary N) is 2. The van der Waals surface area contributed by atoms with E-state index in [0.29, 0.717) is 18.9 Å². The first-order valence-corrected chi connectivity index (χ1v) is 7.44. The number of hydrogen-bond donors (Lipinski definition) is 2. The standard InChI is InChI=1S/C16H19N5O/c22-16(20-10-9-19-15-12-17-7-8-18-15)21-11-6-14(21)13-4-2-1-3-5-13/h1-5,7-8,12,14H,6,9-11H2,(H,18,19)(H,20,22)/t14-/m0/s1. The fourth-order valence-corrected chi connectivity index (χ4v) is 2.50. The Labute approximate surface area is 129 Å². The van der Waals surface area contributed by atoms with Crippen molar-refractivity contribution in [2.24, 2.45) is 0 Å². The van der Waals surface area contributed by atoms with Crippen molar-refractivity contribution in [2.75, 3.05) is 25.0 Å². The summed E-state index contributed by atoms with van der Waals surface area (Å²) in [6.07, 6.45) is 5.93. The maximum absolute atomic E-state index is 12.2. The molecule has 2 heterocycles. The van der Waals surface area contributed by atoms with Crippen LogP contribution in [0.2, 0.25) is 0 Å². The van der Waals surface area contributed by atoms with Crippen molar-refractivity contribution in [1.29, 1.82) is 0 Å². The molecule has 0 spiro atoms. The fraction of sp³-hybridized carbons (Fsp3) is 0.312. The monoisotopic (exact) mass is 297 g/mol. The lowest BCUT2D eigenvalue weighted by Gasteiger charge is -2.41. The second-order valence-electron chi connectivity index (χ2n) is 5.16. The van der Waals surface area contributed by atoms with Crippen molar-refractivity contribution < 1.29 is 4.79 Å². The van der Waals surface area contributed by atoms with E-state index in [2.05, 4.69) is 32.7 Å². The maximum atomic E-state index is 12.2. The molecular weight excluding hydrogens is 278 g/mol. The first-order valence-electron chi connectivity index (χ1n) is 7.44. The molecule has 1 atom stereocenters. The van der Waals surface area contributed by atoms with Crippen LogP contribution in [-0.2, 0) is 0 Å². The van der Waals surface area contributed by atoms with Crippen LogP contribution in [0.1, 0.15) is 18.0 Å². The average Bonchev–Trinajstić information content (AvgIpc) is 2.53. The summed E-state index contributed by atoms with van der Waals surface area (Å²) in [6, 6.07) is 10.3. The molecule has 0 bridgehead atoms. The first-order chi connectivity index (χ1) is 10.8. The summed E-state index contributed by atoms with van der Waals surface area (Å²) in [5.74, 6) is 0.711. The first kappa shape index (κ1) is 14.3. The normalized spacial score (nSPS) is 16.7. The molecule has 1 aliphatic heterocycles. The lowest BCUT2D eigenvalue weighted by molar-refractivity contribution is 0.115. The molecule has 3 rings (SSSR count). The molecular formula is C16H19N5O. The van der Waals surface area contributed by atoms with Crippen molar-refractivity contribution in [1.82, 2.24) is 20.2 Å². The van der Waals surface area contributed by atoms with Crippen LogP contribution in [-0.4, -0.2) is 40.5 Å². The molecule has 114 valence electrons. The molecule has 0 saturated carbocycles. The van der Waals surface area contributed by atoms with Gasteiger partial charge in [-0.15, -0.1) is 0 Å². The van der Waals surface area contributed by atoms with Gasteiger partial charge in [0.2, 0.25) is 0 Å². The Morgan fingerprint density at radius 3 is 2.77 bits per heavy atom. The largest absolute Gasteiger partial charge is 0.367 e. The predicted octanol–water partition coefficient (Wildman–Crippen LogP) is 2.05. The van der Waals surface area contributed by atoms with Gasteiger partial charge in [-0.2, -0.15) is 0 Å². The van der Waals surface area contributed by atoms with Gasteiger partial charge >= 0.3 is 6.03 Å². The number of benzene rings is 1. The van der Waals surface area contributed by atoms with Gasteiger partial charge in [0.1, 0.15) is 5.82 Å². The number of carbonyl (C=O) groups is 1. The summed E-state index contributed by atoms with van der Waals surface area (Å²) >= 11 is 0. The minimum Gasteiger partial charge on any atom is -0.367 e. The Morgan fingerprint density at radius 1 is 1.23 bits per heavy atom. The van der Waals surface area contributed by atoms with E-state index in [9.17, 15) is 4.79 Å². The van der Waals surface area contributed by atoms with Crippen molar-refractivity contribution in [3.8, 4) is 0 Å². The van der Waals surface area contributed by atoms with Crippen LogP contribution in [0, 0.1) is 0 Å². The molecule has 1 aliphatic rings. The third-order valence-electron chi connectivity index (χ3n) is 3.74. The van der Waals surface area contributed by atoms with Gasteiger partial charge in [0.05, 0.1) is 12.2 Å². The van der Waals surface area contributed by atoms with Gasteiger partial charge in [0.15, 0.2) is 0 Å². The summed E-state index contributed by atoms with van der Waals surface area (Å²) in [7, 11) is 0. The lowest BCUT2D eigenvalue weighted by Crippen LogP contribution is -2.50. The number of likely N-dealkylation sites (tertiary alicyclic amines) is 1. The van der Waals surface area contributed by atoms with Crippen molar-refractivity contribution in [3.05, 3.63) is 54.5 Å². The molecule has 0 aliphatic carbocycles. The number of urea groups is 1. The van der Waals surface area contributed by atoms with E-state index in [-0.39, 0.29) is 12.1 Å². The van der Waals surface area contributed by atoms with Gasteiger partial charge in [-0.3, -0.25) is 4.98 Å².